The number of benzene rings is 1. The molecule has 48 heavy (non-hydrogen) atoms. The first-order valence-electron chi connectivity index (χ1n) is 14.7. The number of alkyl halides is 1. The van der Waals surface area contributed by atoms with Crippen LogP contribution < -0.4 is 10.0 Å². The van der Waals surface area contributed by atoms with E-state index in [0.29, 0.717) is 16.7 Å². The highest BCUT2D eigenvalue weighted by Gasteiger charge is 2.48. The Balaban J connectivity index is 1.05. The summed E-state index contributed by atoms with van der Waals surface area (Å²) in [6, 6.07) is 8.42. The Kier molecular flexibility index (Phi) is 8.53. The maximum atomic E-state index is 15.5. The van der Waals surface area contributed by atoms with Gasteiger partial charge in [-0.2, -0.15) is 13.1 Å². The van der Waals surface area contributed by atoms with Crippen molar-refractivity contribution in [3.05, 3.63) is 67.4 Å². The van der Waals surface area contributed by atoms with E-state index in [4.69, 9.17) is 13.7 Å². The fourth-order valence-corrected chi connectivity index (χ4v) is 6.75. The summed E-state index contributed by atoms with van der Waals surface area (Å²) in [6.07, 6.45) is -2.88. The van der Waals surface area contributed by atoms with Crippen molar-refractivity contribution < 1.29 is 41.5 Å². The Morgan fingerprint density at radius 2 is 1.73 bits per heavy atom. The van der Waals surface area contributed by atoms with Crippen LogP contribution in [0.2, 0.25) is 0 Å². The number of halogens is 1. The molecule has 1 aromatic carbocycles. The Morgan fingerprint density at radius 1 is 1.00 bits per heavy atom. The molecule has 4 N–H and O–H groups in total. The van der Waals surface area contributed by atoms with Crippen molar-refractivity contribution >= 4 is 44.4 Å². The van der Waals surface area contributed by atoms with Crippen LogP contribution in [0, 0.1) is 5.92 Å². The molecule has 7 rings (SSSR count). The van der Waals surface area contributed by atoms with Crippen LogP contribution in [0.4, 0.5) is 10.2 Å². The third kappa shape index (κ3) is 5.87. The number of nitrogens with zero attached hydrogens (tertiary/aromatic N) is 8. The number of carbonyl (C=O) groups is 1. The molecule has 6 heterocycles. The SMILES string of the molecule is C[C@H]1[C@@H](OS(=O)(=O)NC[C@H]2O[C@@H](n3cnc4c(NC(=O)c5ccccc5)ncnc43)[C@H](F)[C@@H]2O)[C@H](n2cnc3cncnc32)O[C@@H]1CO. The molecule has 5 aromatic rings. The molecule has 2 aliphatic heterocycles. The lowest BCUT2D eigenvalue weighted by Crippen LogP contribution is -2.42. The van der Waals surface area contributed by atoms with Crippen molar-refractivity contribution in [2.75, 3.05) is 18.5 Å². The Hall–Kier alpha value is -4.57. The molecule has 0 bridgehead atoms. The maximum absolute atomic E-state index is 15.5. The summed E-state index contributed by atoms with van der Waals surface area (Å²) in [4.78, 5) is 37.5. The maximum Gasteiger partial charge on any atom is 0.336 e. The van der Waals surface area contributed by atoms with Crippen molar-refractivity contribution in [1.82, 2.24) is 43.8 Å². The topological polar surface area (TPSA) is 231 Å². The highest BCUT2D eigenvalue weighted by Crippen LogP contribution is 2.38. The van der Waals surface area contributed by atoms with Gasteiger partial charge in [0.1, 0.15) is 36.5 Å². The third-order valence-corrected chi connectivity index (χ3v) is 9.28. The predicted octanol–water partition coefficient (Wildman–Crippen LogP) is 0.260. The van der Waals surface area contributed by atoms with Crippen LogP contribution in [0.15, 0.2) is 61.8 Å². The lowest BCUT2D eigenvalue weighted by atomic mass is 10.0. The van der Waals surface area contributed by atoms with Crippen LogP contribution in [0.25, 0.3) is 22.3 Å². The number of fused-ring (bicyclic) bond motifs is 2. The number of aromatic nitrogens is 8. The van der Waals surface area contributed by atoms with Gasteiger partial charge < -0.3 is 25.0 Å². The van der Waals surface area contributed by atoms with E-state index in [1.54, 1.807) is 37.3 Å². The summed E-state index contributed by atoms with van der Waals surface area (Å²) in [5, 5.41) is 23.2. The number of hydrogen-bond acceptors (Lipinski definition) is 14. The summed E-state index contributed by atoms with van der Waals surface area (Å²) >= 11 is 0. The molecular formula is C28H29FN10O8S. The zero-order valence-corrected chi connectivity index (χ0v) is 25.8. The number of rotatable bonds is 10. The predicted molar refractivity (Wildman–Crippen MR) is 162 cm³/mol. The third-order valence-electron chi connectivity index (χ3n) is 8.29. The molecule has 20 heteroatoms. The van der Waals surface area contributed by atoms with Crippen LogP contribution in [-0.2, 0) is 24.0 Å². The molecule has 2 saturated heterocycles. The number of ether oxygens (including phenoxy) is 2. The number of aliphatic hydroxyl groups excluding tert-OH is 2. The number of hydrogen-bond donors (Lipinski definition) is 4. The zero-order valence-electron chi connectivity index (χ0n) is 25.0. The molecule has 0 spiro atoms. The second-order valence-corrected chi connectivity index (χ2v) is 12.6. The highest BCUT2D eigenvalue weighted by molar-refractivity contribution is 7.84. The van der Waals surface area contributed by atoms with Crippen molar-refractivity contribution in [3.8, 4) is 0 Å². The van der Waals surface area contributed by atoms with Gasteiger partial charge in [0.25, 0.3) is 5.91 Å². The fourth-order valence-electron chi connectivity index (χ4n) is 5.75. The number of amides is 1. The summed E-state index contributed by atoms with van der Waals surface area (Å²) in [5.74, 6) is -0.964. The van der Waals surface area contributed by atoms with Crippen LogP contribution in [-0.4, -0.2) is 107 Å². The second-order valence-electron chi connectivity index (χ2n) is 11.2. The highest BCUT2D eigenvalue weighted by atomic mass is 32.2. The minimum atomic E-state index is -4.55. The zero-order chi connectivity index (χ0) is 33.6. The number of carbonyl (C=O) groups excluding carboxylic acids is 1. The first kappa shape index (κ1) is 32.0. The average molecular weight is 685 g/mol. The largest absolute Gasteiger partial charge is 0.394 e. The molecule has 0 radical (unpaired) electrons. The smallest absolute Gasteiger partial charge is 0.336 e. The van der Waals surface area contributed by atoms with Crippen molar-refractivity contribution in [2.45, 2.75) is 50.0 Å². The normalized spacial score (nSPS) is 27.6. The first-order chi connectivity index (χ1) is 23.1. The van der Waals surface area contributed by atoms with E-state index in [-0.39, 0.29) is 17.0 Å². The molecule has 4 aromatic heterocycles. The van der Waals surface area contributed by atoms with Gasteiger partial charge in [0.05, 0.1) is 31.6 Å². The van der Waals surface area contributed by atoms with Gasteiger partial charge in [0, 0.05) is 18.0 Å². The van der Waals surface area contributed by atoms with Gasteiger partial charge in [-0.05, 0) is 12.1 Å². The monoisotopic (exact) mass is 684 g/mol. The minimum absolute atomic E-state index is 0.0750. The van der Waals surface area contributed by atoms with Crippen molar-refractivity contribution in [3.63, 3.8) is 0 Å². The van der Waals surface area contributed by atoms with E-state index >= 15 is 4.39 Å². The van der Waals surface area contributed by atoms with E-state index < -0.39 is 78.3 Å². The molecule has 1 amide bonds. The molecule has 0 aliphatic carbocycles. The summed E-state index contributed by atoms with van der Waals surface area (Å²) in [5.41, 5.74) is 1.44. The van der Waals surface area contributed by atoms with Gasteiger partial charge in [0.15, 0.2) is 41.3 Å². The van der Waals surface area contributed by atoms with Gasteiger partial charge in [-0.15, -0.1) is 0 Å². The molecular weight excluding hydrogens is 655 g/mol. The summed E-state index contributed by atoms with van der Waals surface area (Å²) in [6.45, 7) is 0.704. The van der Waals surface area contributed by atoms with Gasteiger partial charge in [0.2, 0.25) is 0 Å². The molecule has 0 saturated carbocycles. The lowest BCUT2D eigenvalue weighted by molar-refractivity contribution is -0.0445. The van der Waals surface area contributed by atoms with E-state index in [0.717, 1.165) is 6.33 Å². The van der Waals surface area contributed by atoms with E-state index in [9.17, 15) is 23.4 Å². The van der Waals surface area contributed by atoms with Crippen molar-refractivity contribution in [2.24, 2.45) is 5.92 Å². The van der Waals surface area contributed by atoms with Gasteiger partial charge in [-0.3, -0.25) is 13.9 Å². The Morgan fingerprint density at radius 3 is 2.52 bits per heavy atom. The number of aliphatic hydroxyl groups is 2. The second kappa shape index (κ2) is 12.8. The number of nitrogens with one attached hydrogen (secondary N) is 2. The average Bonchev–Trinajstić information content (AvgIpc) is 3.85. The van der Waals surface area contributed by atoms with Crippen LogP contribution >= 0.6 is 0 Å². The summed E-state index contributed by atoms with van der Waals surface area (Å²) in [7, 11) is -4.55. The van der Waals surface area contributed by atoms with Gasteiger partial charge in [-0.1, -0.05) is 25.1 Å². The standard InChI is InChI=1S/C28H29FN10O8S/c1-14-18(9-40)46-28(38-12-34-16-7-30-10-32-24(16)38)22(14)47-48(43,44)36-8-17-21(41)19(29)27(45-17)39-13-35-20-23(31-11-33-25(20)39)37-26(42)15-5-3-2-4-6-15/h2-7,10-14,17-19,21-22,27-28,36,40-41H,8-9H2,1H3,(H,31,33,37,42)/t14-,17-,18-,19-,21-,22-,27-,28-/m1/s1. The van der Waals surface area contributed by atoms with Crippen LogP contribution in [0.1, 0.15) is 29.7 Å². The van der Waals surface area contributed by atoms with Crippen molar-refractivity contribution in [1.29, 1.82) is 0 Å². The van der Waals surface area contributed by atoms with E-state index in [1.165, 1.54) is 34.3 Å². The van der Waals surface area contributed by atoms with Gasteiger partial charge in [-0.25, -0.2) is 38.5 Å². The first-order valence-corrected chi connectivity index (χ1v) is 16.1. The molecule has 2 aliphatic rings. The van der Waals surface area contributed by atoms with Crippen LogP contribution in [0.5, 0.6) is 0 Å². The van der Waals surface area contributed by atoms with E-state index in [1.807, 2.05) is 0 Å². The molecule has 8 atom stereocenters. The van der Waals surface area contributed by atoms with E-state index in [2.05, 4.69) is 39.9 Å². The molecule has 2 fully saturated rings. The molecule has 252 valence electrons. The fraction of sp³-hybridized carbons (Fsp3) is 0.393. The lowest BCUT2D eigenvalue weighted by Gasteiger charge is -2.23. The minimum Gasteiger partial charge on any atom is -0.394 e. The number of imidazole rings is 2. The quantitative estimate of drug-likeness (QED) is 0.155. The molecule has 18 nitrogen and oxygen atoms in total. The van der Waals surface area contributed by atoms with Gasteiger partial charge >= 0.3 is 10.3 Å². The Bertz CT molecular complexity index is 2050. The summed E-state index contributed by atoms with van der Waals surface area (Å²) < 4.78 is 63.9. The Labute approximate surface area is 271 Å². The number of anilines is 1. The molecule has 0 unspecified atom stereocenters. The van der Waals surface area contributed by atoms with Crippen LogP contribution in [0.3, 0.4) is 0 Å².